The third kappa shape index (κ3) is 3.47. The average Bonchev–Trinajstić information content (AvgIpc) is 3.14. The van der Waals surface area contributed by atoms with Crippen LogP contribution in [-0.4, -0.2) is 21.6 Å². The maximum Gasteiger partial charge on any atom is 0.230 e. The molecule has 0 spiro atoms. The first-order valence-corrected chi connectivity index (χ1v) is 9.46. The van der Waals surface area contributed by atoms with E-state index in [2.05, 4.69) is 29.1 Å². The maximum absolute atomic E-state index is 12.2. The number of hydrogen-bond acceptors (Lipinski definition) is 6. The minimum absolute atomic E-state index is 0.0436. The minimum atomic E-state index is -0.148. The lowest BCUT2D eigenvalue weighted by Crippen LogP contribution is -2.27. The van der Waals surface area contributed by atoms with Crippen molar-refractivity contribution >= 4 is 39.2 Å². The molecule has 0 aliphatic heterocycles. The van der Waals surface area contributed by atoms with Gasteiger partial charge in [0.25, 0.3) is 0 Å². The molecule has 1 atom stereocenters. The molecule has 1 N–H and O–H groups in total. The van der Waals surface area contributed by atoms with E-state index < -0.39 is 0 Å². The molecule has 0 bridgehead atoms. The second kappa shape index (κ2) is 6.94. The van der Waals surface area contributed by atoms with E-state index in [1.165, 1.54) is 22.2 Å². The zero-order chi connectivity index (χ0) is 17.3. The van der Waals surface area contributed by atoms with Crippen LogP contribution in [0.1, 0.15) is 35.0 Å². The topological polar surface area (TPSA) is 68.0 Å². The summed E-state index contributed by atoms with van der Waals surface area (Å²) in [5.41, 5.74) is 1.20. The molecule has 0 aliphatic rings. The van der Waals surface area contributed by atoms with E-state index in [-0.39, 0.29) is 11.9 Å². The number of aromatic nitrogens is 2. The number of furan rings is 1. The van der Waals surface area contributed by atoms with Crippen LogP contribution in [0, 0.1) is 20.8 Å². The Labute approximate surface area is 148 Å². The second-order valence-corrected chi connectivity index (χ2v) is 7.80. The predicted molar refractivity (Wildman–Crippen MR) is 97.6 cm³/mol. The van der Waals surface area contributed by atoms with Gasteiger partial charge in [0, 0.05) is 10.3 Å². The summed E-state index contributed by atoms with van der Waals surface area (Å²) >= 11 is 3.12. The molecule has 5 nitrogen and oxygen atoms in total. The van der Waals surface area contributed by atoms with Gasteiger partial charge in [0.1, 0.15) is 21.4 Å². The van der Waals surface area contributed by atoms with E-state index >= 15 is 0 Å². The number of fused-ring (bicyclic) bond motifs is 1. The van der Waals surface area contributed by atoms with Gasteiger partial charge in [-0.3, -0.25) is 4.79 Å². The van der Waals surface area contributed by atoms with Gasteiger partial charge in [-0.2, -0.15) is 0 Å². The number of aryl methyl sites for hydroxylation is 3. The normalized spacial score (nSPS) is 12.5. The van der Waals surface area contributed by atoms with Gasteiger partial charge in [0.05, 0.1) is 18.1 Å². The first-order chi connectivity index (χ1) is 11.5. The predicted octanol–water partition coefficient (Wildman–Crippen LogP) is 4.18. The van der Waals surface area contributed by atoms with Crippen LogP contribution >= 0.6 is 23.1 Å². The van der Waals surface area contributed by atoms with E-state index in [1.54, 1.807) is 17.6 Å². The molecule has 3 aromatic rings. The molecule has 0 fully saturated rings. The van der Waals surface area contributed by atoms with Crippen molar-refractivity contribution in [2.45, 2.75) is 38.8 Å². The molecule has 0 saturated heterocycles. The van der Waals surface area contributed by atoms with Crippen molar-refractivity contribution < 1.29 is 9.21 Å². The fraction of sp³-hybridized carbons (Fsp3) is 0.353. The lowest BCUT2D eigenvalue weighted by Gasteiger charge is -2.11. The quantitative estimate of drug-likeness (QED) is 0.545. The molecular weight excluding hydrogens is 342 g/mol. The molecule has 0 saturated carbocycles. The van der Waals surface area contributed by atoms with E-state index in [0.717, 1.165) is 26.8 Å². The Morgan fingerprint density at radius 1 is 1.38 bits per heavy atom. The number of nitrogens with zero attached hydrogens (tertiary/aromatic N) is 2. The van der Waals surface area contributed by atoms with Gasteiger partial charge in [-0.15, -0.1) is 11.3 Å². The summed E-state index contributed by atoms with van der Waals surface area (Å²) in [5, 5.41) is 4.89. The number of thiophene rings is 1. The van der Waals surface area contributed by atoms with Crippen LogP contribution in [0.15, 0.2) is 27.8 Å². The van der Waals surface area contributed by atoms with Crippen LogP contribution in [0.5, 0.6) is 0 Å². The standard InChI is InChI=1S/C17H19N3O2S2/c1-9-11(3)24-17-15(9)16(19-12(4)20-17)23-8-14(21)18-10(2)13-6-5-7-22-13/h5-7,10H,8H2,1-4H3,(H,18,21). The molecule has 126 valence electrons. The van der Waals surface area contributed by atoms with Crippen LogP contribution in [0.2, 0.25) is 0 Å². The van der Waals surface area contributed by atoms with Gasteiger partial charge in [0.15, 0.2) is 0 Å². The van der Waals surface area contributed by atoms with E-state index in [4.69, 9.17) is 4.42 Å². The smallest absolute Gasteiger partial charge is 0.230 e. The Bertz CT molecular complexity index is 872. The van der Waals surface area contributed by atoms with Gasteiger partial charge in [-0.1, -0.05) is 11.8 Å². The van der Waals surface area contributed by atoms with Gasteiger partial charge >= 0.3 is 0 Å². The van der Waals surface area contributed by atoms with Crippen LogP contribution in [0.4, 0.5) is 0 Å². The Hall–Kier alpha value is -1.86. The fourth-order valence-electron chi connectivity index (χ4n) is 2.44. The van der Waals surface area contributed by atoms with Gasteiger partial charge in [-0.05, 0) is 45.4 Å². The number of amides is 1. The first-order valence-electron chi connectivity index (χ1n) is 7.65. The monoisotopic (exact) mass is 361 g/mol. The summed E-state index contributed by atoms with van der Waals surface area (Å²) in [7, 11) is 0. The zero-order valence-electron chi connectivity index (χ0n) is 14.0. The Morgan fingerprint density at radius 3 is 2.88 bits per heavy atom. The molecule has 24 heavy (non-hydrogen) atoms. The summed E-state index contributed by atoms with van der Waals surface area (Å²) in [5.74, 6) is 1.75. The highest BCUT2D eigenvalue weighted by molar-refractivity contribution is 8.00. The highest BCUT2D eigenvalue weighted by Gasteiger charge is 2.16. The lowest BCUT2D eigenvalue weighted by atomic mass is 10.2. The minimum Gasteiger partial charge on any atom is -0.467 e. The highest BCUT2D eigenvalue weighted by atomic mass is 32.2. The Kier molecular flexibility index (Phi) is 4.91. The van der Waals surface area contributed by atoms with Crippen molar-refractivity contribution in [1.29, 1.82) is 0 Å². The number of carbonyl (C=O) groups is 1. The molecule has 3 rings (SSSR count). The molecule has 1 amide bonds. The highest BCUT2D eigenvalue weighted by Crippen LogP contribution is 2.35. The summed E-state index contributed by atoms with van der Waals surface area (Å²) < 4.78 is 5.31. The molecule has 1 unspecified atom stereocenters. The zero-order valence-corrected chi connectivity index (χ0v) is 15.7. The SMILES string of the molecule is Cc1nc(SCC(=O)NC(C)c2ccco2)c2c(C)c(C)sc2n1. The molecule has 3 aromatic heterocycles. The summed E-state index contributed by atoms with van der Waals surface area (Å²) in [4.78, 5) is 23.5. The third-order valence-corrected chi connectivity index (χ3v) is 5.87. The molecule has 0 aliphatic carbocycles. The van der Waals surface area contributed by atoms with Crippen molar-refractivity contribution in [3.8, 4) is 0 Å². The van der Waals surface area contributed by atoms with Crippen LogP contribution in [-0.2, 0) is 4.79 Å². The van der Waals surface area contributed by atoms with Crippen molar-refractivity contribution in [2.24, 2.45) is 0 Å². The largest absolute Gasteiger partial charge is 0.467 e. The van der Waals surface area contributed by atoms with E-state index in [1.807, 2.05) is 26.0 Å². The molecular formula is C17H19N3O2S2. The van der Waals surface area contributed by atoms with Crippen LogP contribution in [0.25, 0.3) is 10.2 Å². The van der Waals surface area contributed by atoms with Gasteiger partial charge in [-0.25, -0.2) is 9.97 Å². The molecule has 7 heteroatoms. The van der Waals surface area contributed by atoms with Crippen LogP contribution in [0.3, 0.4) is 0 Å². The van der Waals surface area contributed by atoms with Gasteiger partial charge in [0.2, 0.25) is 5.91 Å². The third-order valence-electron chi connectivity index (χ3n) is 3.79. The average molecular weight is 361 g/mol. The summed E-state index contributed by atoms with van der Waals surface area (Å²) in [6.45, 7) is 7.95. The lowest BCUT2D eigenvalue weighted by molar-refractivity contribution is -0.119. The second-order valence-electron chi connectivity index (χ2n) is 5.63. The molecule has 0 radical (unpaired) electrons. The molecule has 3 heterocycles. The number of nitrogens with one attached hydrogen (secondary N) is 1. The van der Waals surface area contributed by atoms with Crippen molar-refractivity contribution in [1.82, 2.24) is 15.3 Å². The van der Waals surface area contributed by atoms with Crippen molar-refractivity contribution in [3.05, 3.63) is 40.4 Å². The maximum atomic E-state index is 12.2. The summed E-state index contributed by atoms with van der Waals surface area (Å²) in [6, 6.07) is 3.52. The Balaban J connectivity index is 1.72. The fourth-order valence-corrected chi connectivity index (χ4v) is 4.53. The Morgan fingerprint density at radius 2 is 2.17 bits per heavy atom. The van der Waals surface area contributed by atoms with Crippen molar-refractivity contribution in [2.75, 3.05) is 5.75 Å². The first kappa shape index (κ1) is 17.0. The van der Waals surface area contributed by atoms with Crippen LogP contribution < -0.4 is 5.32 Å². The van der Waals surface area contributed by atoms with E-state index in [9.17, 15) is 4.79 Å². The van der Waals surface area contributed by atoms with Crippen molar-refractivity contribution in [3.63, 3.8) is 0 Å². The molecule has 0 aromatic carbocycles. The van der Waals surface area contributed by atoms with E-state index in [0.29, 0.717) is 5.75 Å². The summed E-state index contributed by atoms with van der Waals surface area (Å²) in [6.07, 6.45) is 1.61. The number of rotatable bonds is 5. The number of carbonyl (C=O) groups excluding carboxylic acids is 1. The van der Waals surface area contributed by atoms with Gasteiger partial charge < -0.3 is 9.73 Å². The number of hydrogen-bond donors (Lipinski definition) is 1. The number of thioether (sulfide) groups is 1.